The Kier molecular flexibility index (Phi) is 4.60. The standard InChI is InChI=1S/C14H23NOS/c1-12(13-6-5-9-17-13)15-10-14(11-16)7-3-2-4-8-14/h5-6,9,12,15-16H,2-4,7-8,10-11H2,1H3/t12-/m0/s1. The third kappa shape index (κ3) is 3.30. The minimum atomic E-state index is 0.143. The van der Waals surface area contributed by atoms with Gasteiger partial charge in [-0.05, 0) is 31.2 Å². The van der Waals surface area contributed by atoms with Crippen molar-refractivity contribution in [3.63, 3.8) is 0 Å². The van der Waals surface area contributed by atoms with Gasteiger partial charge < -0.3 is 10.4 Å². The third-order valence-electron chi connectivity index (χ3n) is 4.00. The number of hydrogen-bond donors (Lipinski definition) is 2. The smallest absolute Gasteiger partial charge is 0.0499 e. The number of thiophene rings is 1. The zero-order valence-electron chi connectivity index (χ0n) is 10.6. The van der Waals surface area contributed by atoms with Gasteiger partial charge >= 0.3 is 0 Å². The van der Waals surface area contributed by atoms with E-state index in [1.165, 1.54) is 37.0 Å². The van der Waals surface area contributed by atoms with Crippen molar-refractivity contribution in [1.82, 2.24) is 5.32 Å². The van der Waals surface area contributed by atoms with Crippen molar-refractivity contribution in [3.8, 4) is 0 Å². The highest BCUT2D eigenvalue weighted by atomic mass is 32.1. The first-order chi connectivity index (χ1) is 8.26. The van der Waals surface area contributed by atoms with Gasteiger partial charge in [0.2, 0.25) is 0 Å². The summed E-state index contributed by atoms with van der Waals surface area (Å²) >= 11 is 1.80. The zero-order valence-corrected chi connectivity index (χ0v) is 11.4. The Balaban J connectivity index is 1.87. The van der Waals surface area contributed by atoms with Crippen molar-refractivity contribution in [2.45, 2.75) is 45.1 Å². The lowest BCUT2D eigenvalue weighted by Crippen LogP contribution is -2.39. The Hall–Kier alpha value is -0.380. The zero-order chi connectivity index (χ0) is 12.1. The number of nitrogens with one attached hydrogen (secondary N) is 1. The summed E-state index contributed by atoms with van der Waals surface area (Å²) in [7, 11) is 0. The van der Waals surface area contributed by atoms with Crippen LogP contribution >= 0.6 is 11.3 Å². The molecule has 0 saturated heterocycles. The topological polar surface area (TPSA) is 32.3 Å². The lowest BCUT2D eigenvalue weighted by Gasteiger charge is -2.36. The van der Waals surface area contributed by atoms with Crippen molar-refractivity contribution in [2.75, 3.05) is 13.2 Å². The van der Waals surface area contributed by atoms with Gasteiger partial charge in [-0.15, -0.1) is 11.3 Å². The summed E-state index contributed by atoms with van der Waals surface area (Å²) in [6.07, 6.45) is 6.23. The lowest BCUT2D eigenvalue weighted by molar-refractivity contribution is 0.0790. The molecule has 0 bridgehead atoms. The van der Waals surface area contributed by atoms with Crippen LogP contribution in [0.2, 0.25) is 0 Å². The maximum absolute atomic E-state index is 9.65. The Morgan fingerprint density at radius 3 is 2.76 bits per heavy atom. The molecule has 96 valence electrons. The van der Waals surface area contributed by atoms with E-state index in [1.54, 1.807) is 11.3 Å². The minimum Gasteiger partial charge on any atom is -0.396 e. The van der Waals surface area contributed by atoms with E-state index in [1.807, 2.05) is 0 Å². The molecule has 1 fully saturated rings. The largest absolute Gasteiger partial charge is 0.396 e. The summed E-state index contributed by atoms with van der Waals surface area (Å²) in [4.78, 5) is 1.38. The van der Waals surface area contributed by atoms with Crippen LogP contribution in [-0.2, 0) is 0 Å². The second-order valence-corrected chi connectivity index (χ2v) is 6.32. The monoisotopic (exact) mass is 253 g/mol. The lowest BCUT2D eigenvalue weighted by atomic mass is 9.74. The SMILES string of the molecule is C[C@H](NCC1(CO)CCCCC1)c1cccs1. The van der Waals surface area contributed by atoms with Gasteiger partial charge in [-0.1, -0.05) is 25.3 Å². The maximum atomic E-state index is 9.65. The average molecular weight is 253 g/mol. The number of aliphatic hydroxyl groups excluding tert-OH is 1. The summed E-state index contributed by atoms with van der Waals surface area (Å²) in [6, 6.07) is 4.68. The molecule has 1 heterocycles. The van der Waals surface area contributed by atoms with E-state index < -0.39 is 0 Å². The van der Waals surface area contributed by atoms with Crippen molar-refractivity contribution >= 4 is 11.3 Å². The Morgan fingerprint density at radius 2 is 2.18 bits per heavy atom. The van der Waals surface area contributed by atoms with Crippen LogP contribution in [0.25, 0.3) is 0 Å². The Morgan fingerprint density at radius 1 is 1.41 bits per heavy atom. The molecule has 0 aromatic carbocycles. The third-order valence-corrected chi connectivity index (χ3v) is 5.06. The fourth-order valence-electron chi connectivity index (χ4n) is 2.70. The molecule has 0 amide bonds. The molecule has 0 radical (unpaired) electrons. The molecule has 1 aliphatic rings. The molecule has 0 spiro atoms. The summed E-state index contributed by atoms with van der Waals surface area (Å²) < 4.78 is 0. The van der Waals surface area contributed by atoms with Crippen LogP contribution < -0.4 is 5.32 Å². The molecule has 1 aromatic heterocycles. The summed E-state index contributed by atoms with van der Waals surface area (Å²) in [5.41, 5.74) is 0.143. The molecule has 2 N–H and O–H groups in total. The van der Waals surface area contributed by atoms with Gasteiger partial charge in [-0.3, -0.25) is 0 Å². The highest BCUT2D eigenvalue weighted by Crippen LogP contribution is 2.35. The van der Waals surface area contributed by atoms with Crippen molar-refractivity contribution in [1.29, 1.82) is 0 Å². The van der Waals surface area contributed by atoms with Crippen LogP contribution in [0.5, 0.6) is 0 Å². The van der Waals surface area contributed by atoms with Gasteiger partial charge in [0.05, 0.1) is 0 Å². The molecule has 17 heavy (non-hydrogen) atoms. The maximum Gasteiger partial charge on any atom is 0.0499 e. The quantitative estimate of drug-likeness (QED) is 0.843. The van der Waals surface area contributed by atoms with Crippen molar-refractivity contribution in [2.24, 2.45) is 5.41 Å². The van der Waals surface area contributed by atoms with Crippen LogP contribution in [0.1, 0.15) is 49.9 Å². The van der Waals surface area contributed by atoms with E-state index in [0.717, 1.165) is 6.54 Å². The van der Waals surface area contributed by atoms with Gasteiger partial charge in [0.15, 0.2) is 0 Å². The summed E-state index contributed by atoms with van der Waals surface area (Å²) in [5, 5.41) is 15.4. The van der Waals surface area contributed by atoms with Gasteiger partial charge in [0.1, 0.15) is 0 Å². The van der Waals surface area contributed by atoms with Crippen LogP contribution in [-0.4, -0.2) is 18.3 Å². The number of aliphatic hydroxyl groups is 1. The van der Waals surface area contributed by atoms with E-state index in [9.17, 15) is 5.11 Å². The van der Waals surface area contributed by atoms with Crippen LogP contribution in [0, 0.1) is 5.41 Å². The van der Waals surface area contributed by atoms with E-state index in [-0.39, 0.29) is 5.41 Å². The number of hydrogen-bond acceptors (Lipinski definition) is 3. The van der Waals surface area contributed by atoms with E-state index in [0.29, 0.717) is 12.6 Å². The first-order valence-electron chi connectivity index (χ1n) is 6.63. The van der Waals surface area contributed by atoms with Crippen molar-refractivity contribution in [3.05, 3.63) is 22.4 Å². The van der Waals surface area contributed by atoms with Gasteiger partial charge in [-0.2, -0.15) is 0 Å². The first-order valence-corrected chi connectivity index (χ1v) is 7.51. The van der Waals surface area contributed by atoms with Gasteiger partial charge in [-0.25, -0.2) is 0 Å². The van der Waals surface area contributed by atoms with Crippen LogP contribution in [0.4, 0.5) is 0 Å². The molecule has 2 nitrogen and oxygen atoms in total. The number of rotatable bonds is 5. The fourth-order valence-corrected chi connectivity index (χ4v) is 3.46. The van der Waals surface area contributed by atoms with Crippen LogP contribution in [0.15, 0.2) is 17.5 Å². The van der Waals surface area contributed by atoms with E-state index >= 15 is 0 Å². The Labute approximate surface area is 108 Å². The average Bonchev–Trinajstić information content (AvgIpc) is 2.91. The predicted octanol–water partition coefficient (Wildman–Crippen LogP) is 3.34. The molecule has 0 unspecified atom stereocenters. The highest BCUT2D eigenvalue weighted by Gasteiger charge is 2.31. The normalized spacial score (nSPS) is 21.3. The molecular formula is C14H23NOS. The fraction of sp³-hybridized carbons (Fsp3) is 0.714. The van der Waals surface area contributed by atoms with Gasteiger partial charge in [0, 0.05) is 29.5 Å². The highest BCUT2D eigenvalue weighted by molar-refractivity contribution is 7.10. The molecule has 1 saturated carbocycles. The molecule has 2 rings (SSSR count). The predicted molar refractivity (Wildman–Crippen MR) is 73.3 cm³/mol. The molecule has 1 aromatic rings. The summed E-state index contributed by atoms with van der Waals surface area (Å²) in [5.74, 6) is 0. The van der Waals surface area contributed by atoms with Gasteiger partial charge in [0.25, 0.3) is 0 Å². The second-order valence-electron chi connectivity index (χ2n) is 5.34. The first kappa shape index (κ1) is 13.1. The van der Waals surface area contributed by atoms with E-state index in [2.05, 4.69) is 29.8 Å². The molecule has 0 aliphatic heterocycles. The second kappa shape index (κ2) is 5.98. The molecule has 1 aliphatic carbocycles. The van der Waals surface area contributed by atoms with Crippen LogP contribution in [0.3, 0.4) is 0 Å². The molecule has 3 heteroatoms. The minimum absolute atomic E-state index is 0.143. The Bertz CT molecular complexity index is 317. The van der Waals surface area contributed by atoms with Crippen molar-refractivity contribution < 1.29 is 5.11 Å². The van der Waals surface area contributed by atoms with E-state index in [4.69, 9.17) is 0 Å². The molecule has 1 atom stereocenters. The summed E-state index contributed by atoms with van der Waals surface area (Å²) in [6.45, 7) is 3.49. The molecular weight excluding hydrogens is 230 g/mol.